The number of ether oxygens (including phenoxy) is 3. The van der Waals surface area contributed by atoms with Gasteiger partial charge in [-0.15, -0.1) is 0 Å². The summed E-state index contributed by atoms with van der Waals surface area (Å²) in [5.74, 6) is -3.59. The average molecular weight is 1170 g/mol. The molecular weight excluding hydrogens is 1120 g/mol. The van der Waals surface area contributed by atoms with Gasteiger partial charge in [0.15, 0.2) is 29.5 Å². The topological polar surface area (TPSA) is 375 Å². The van der Waals surface area contributed by atoms with Crippen LogP contribution in [0, 0.1) is 47.8 Å². The van der Waals surface area contributed by atoms with E-state index >= 15 is 0 Å². The van der Waals surface area contributed by atoms with E-state index in [9.17, 15) is 81.9 Å². The maximum Gasteiger partial charge on any atom is 0.270 e. The molecule has 3 aromatic rings. The molecule has 3 saturated heterocycles. The van der Waals surface area contributed by atoms with Gasteiger partial charge in [-0.2, -0.15) is 0 Å². The molecule has 0 amide bonds. The zero-order chi connectivity index (χ0) is 58.5. The number of fused-ring (bicyclic) bond motifs is 3. The molecule has 33 heteroatoms. The van der Waals surface area contributed by atoms with Crippen molar-refractivity contribution in [2.24, 2.45) is 32.2 Å². The summed E-state index contributed by atoms with van der Waals surface area (Å²) in [6.07, 6.45) is -4.14. The molecule has 0 aliphatic carbocycles. The van der Waals surface area contributed by atoms with E-state index in [0.29, 0.717) is 0 Å². The van der Waals surface area contributed by atoms with Crippen molar-refractivity contribution in [3.63, 3.8) is 0 Å². The molecule has 0 radical (unpaired) electrons. The van der Waals surface area contributed by atoms with Gasteiger partial charge in [-0.25, -0.2) is 51.6 Å². The molecule has 3 unspecified atom stereocenters. The summed E-state index contributed by atoms with van der Waals surface area (Å²) in [7, 11) is -12.5. The number of halogens is 6. The van der Waals surface area contributed by atoms with Crippen molar-refractivity contribution in [1.29, 1.82) is 0 Å². The molecule has 0 bridgehead atoms. The molecule has 78 heavy (non-hydrogen) atoms. The normalized spacial score (nSPS) is 31.9. The third-order valence-electron chi connectivity index (χ3n) is 15.3. The summed E-state index contributed by atoms with van der Waals surface area (Å²) >= 11 is 0. The third kappa shape index (κ3) is 8.64. The second-order valence-electron chi connectivity index (χ2n) is 20.5. The number of alkyl halides is 3. The van der Waals surface area contributed by atoms with Crippen LogP contribution >= 0.6 is 0 Å². The minimum Gasteiger partial charge on any atom is -0.386 e. The summed E-state index contributed by atoms with van der Waals surface area (Å²) in [5.41, 5.74) is 9.54. The Bertz CT molecular complexity index is 3110. The van der Waals surface area contributed by atoms with Gasteiger partial charge in [0, 0.05) is 53.1 Å². The van der Waals surface area contributed by atoms with Crippen molar-refractivity contribution in [2.75, 3.05) is 39.8 Å². The van der Waals surface area contributed by atoms with E-state index in [0.717, 1.165) is 54.6 Å². The predicted octanol–water partition coefficient (Wildman–Crippen LogP) is 3.69. The van der Waals surface area contributed by atoms with Gasteiger partial charge in [0.05, 0.1) is 34.6 Å². The van der Waals surface area contributed by atoms with Crippen molar-refractivity contribution >= 4 is 64.1 Å². The van der Waals surface area contributed by atoms with Gasteiger partial charge in [0.25, 0.3) is 17.1 Å². The SMILES string of the molecule is CC1(C)C(N)=N[C@@]2(c3cc([N+](=O)[O-])ccc3F)COC(CF)[C@H]2S1(=O)=O.CC1(C)C(N)=N[C@@]2(c3cc([N+](=O)[O-])ccc3F)COC(CF)[C@H]2S1(=O)=O.CC1(C)C(N)=N[C@@]2(c3cc([N+](=O)[O-])ccc3F)COC(CF)[C@H]2S1(=O)=O. The van der Waals surface area contributed by atoms with Crippen LogP contribution in [0.1, 0.15) is 58.2 Å². The number of nitrogens with zero attached hydrogens (tertiary/aromatic N) is 6. The lowest BCUT2D eigenvalue weighted by Crippen LogP contribution is -2.62. The Morgan fingerprint density at radius 2 is 0.705 bits per heavy atom. The first kappa shape index (κ1) is 59.2. The molecule has 3 fully saturated rings. The molecule has 6 N–H and O–H groups in total. The van der Waals surface area contributed by atoms with E-state index in [4.69, 9.17) is 31.4 Å². The Morgan fingerprint density at radius 3 is 0.897 bits per heavy atom. The summed E-state index contributed by atoms with van der Waals surface area (Å²) < 4.78 is 174. The van der Waals surface area contributed by atoms with E-state index < -0.39 is 184 Å². The molecule has 0 spiro atoms. The lowest BCUT2D eigenvalue weighted by molar-refractivity contribution is -0.385. The first-order valence-electron chi connectivity index (χ1n) is 23.1. The number of benzene rings is 3. The van der Waals surface area contributed by atoms with E-state index in [1.807, 2.05) is 0 Å². The maximum atomic E-state index is 14.6. The number of rotatable bonds is 9. The van der Waals surface area contributed by atoms with Crippen molar-refractivity contribution in [3.05, 3.63) is 119 Å². The molecule has 426 valence electrons. The highest BCUT2D eigenvalue weighted by Crippen LogP contribution is 2.53. The Morgan fingerprint density at radius 1 is 0.487 bits per heavy atom. The molecule has 24 nitrogen and oxygen atoms in total. The fourth-order valence-electron chi connectivity index (χ4n) is 10.4. The lowest BCUT2D eigenvalue weighted by atomic mass is 9.86. The lowest BCUT2D eigenvalue weighted by Gasteiger charge is -2.42. The van der Waals surface area contributed by atoms with Gasteiger partial charge in [-0.05, 0) is 59.7 Å². The molecule has 6 aliphatic rings. The van der Waals surface area contributed by atoms with Crippen LogP contribution in [0.15, 0.2) is 69.6 Å². The summed E-state index contributed by atoms with van der Waals surface area (Å²) in [6, 6.07) is 8.08. The van der Waals surface area contributed by atoms with Crippen LogP contribution in [0.5, 0.6) is 0 Å². The van der Waals surface area contributed by atoms with Crippen LogP contribution in [0.25, 0.3) is 0 Å². The monoisotopic (exact) mass is 1170 g/mol. The van der Waals surface area contributed by atoms with E-state index in [-0.39, 0.29) is 34.2 Å². The van der Waals surface area contributed by atoms with E-state index in [2.05, 4.69) is 15.0 Å². The van der Waals surface area contributed by atoms with Gasteiger partial charge >= 0.3 is 0 Å². The molecule has 0 aromatic heterocycles. The standard InChI is InChI=1S/3C15H17F2N3O5S/c3*1-14(2)13(18)19-15(7-25-11(6-16)12(15)26(14,23)24)9-5-8(20(21)22)3-4-10(9)17/h3*3-5,11-12H,6-7H2,1-2H3,(H2,18,19)/t3*11?,12-,15-/m111/s1. The zero-order valence-electron chi connectivity index (χ0n) is 41.9. The van der Waals surface area contributed by atoms with E-state index in [1.54, 1.807) is 0 Å². The van der Waals surface area contributed by atoms with Crippen LogP contribution in [-0.2, 0) is 60.3 Å². The van der Waals surface area contributed by atoms with E-state index in [1.165, 1.54) is 41.5 Å². The molecular formula is C45H51F6N9O15S3. The van der Waals surface area contributed by atoms with Gasteiger partial charge in [-0.3, -0.25) is 45.3 Å². The van der Waals surface area contributed by atoms with Crippen molar-refractivity contribution in [2.45, 2.75) is 106 Å². The molecule has 6 heterocycles. The minimum atomic E-state index is -4.16. The Kier molecular flexibility index (Phi) is 15.0. The predicted molar refractivity (Wildman–Crippen MR) is 267 cm³/mol. The highest BCUT2D eigenvalue weighted by atomic mass is 32.2. The van der Waals surface area contributed by atoms with Crippen LogP contribution in [-0.4, -0.2) is 146 Å². The fourth-order valence-corrected chi connectivity index (χ4v) is 17.2. The van der Waals surface area contributed by atoms with Crippen molar-refractivity contribution in [1.82, 2.24) is 0 Å². The molecule has 3 aromatic carbocycles. The quantitative estimate of drug-likeness (QED) is 0.156. The number of non-ortho nitro benzene ring substituents is 3. The molecule has 6 aliphatic heterocycles. The third-order valence-corrected chi connectivity index (χ3v) is 24.2. The summed E-state index contributed by atoms with van der Waals surface area (Å²) in [6.45, 7) is 3.16. The molecule has 0 saturated carbocycles. The fraction of sp³-hybridized carbons (Fsp3) is 0.533. The summed E-state index contributed by atoms with van der Waals surface area (Å²) in [5, 5.41) is 28.5. The number of aliphatic imine (C=N–C) groups is 3. The summed E-state index contributed by atoms with van der Waals surface area (Å²) in [4.78, 5) is 43.6. The van der Waals surface area contributed by atoms with Crippen LogP contribution in [0.2, 0.25) is 0 Å². The minimum absolute atomic E-state index is 0.289. The molecule has 9 atom stereocenters. The van der Waals surface area contributed by atoms with Crippen molar-refractivity contribution < 1.29 is 80.6 Å². The van der Waals surface area contributed by atoms with Gasteiger partial charge in [0.1, 0.15) is 120 Å². The number of nitro benzene ring substituents is 3. The second kappa shape index (κ2) is 19.7. The first-order valence-corrected chi connectivity index (χ1v) is 27.7. The Balaban J connectivity index is 0.000000170. The zero-order valence-corrected chi connectivity index (χ0v) is 44.4. The highest BCUT2D eigenvalue weighted by molar-refractivity contribution is 7.95. The van der Waals surface area contributed by atoms with Gasteiger partial charge in [-0.1, -0.05) is 0 Å². The average Bonchev–Trinajstić information content (AvgIpc) is 4.21. The van der Waals surface area contributed by atoms with Crippen molar-refractivity contribution in [3.8, 4) is 0 Å². The largest absolute Gasteiger partial charge is 0.386 e. The first-order chi connectivity index (χ1) is 36.0. The number of amidine groups is 3. The van der Waals surface area contributed by atoms with Gasteiger partial charge in [0.2, 0.25) is 0 Å². The Labute approximate surface area is 440 Å². The highest BCUT2D eigenvalue weighted by Gasteiger charge is 2.68. The number of hydrogen-bond donors (Lipinski definition) is 3. The number of hydrogen-bond acceptors (Lipinski definition) is 21. The number of sulfone groups is 3. The van der Waals surface area contributed by atoms with Crippen LogP contribution < -0.4 is 17.2 Å². The van der Waals surface area contributed by atoms with Crippen LogP contribution in [0.3, 0.4) is 0 Å². The number of nitrogens with two attached hydrogens (primary N) is 3. The second-order valence-corrected chi connectivity index (χ2v) is 28.3. The Hall–Kier alpha value is -6.42. The number of nitro groups is 3. The molecule has 9 rings (SSSR count). The van der Waals surface area contributed by atoms with Gasteiger partial charge < -0.3 is 31.4 Å². The van der Waals surface area contributed by atoms with Crippen LogP contribution in [0.4, 0.5) is 43.4 Å². The maximum absolute atomic E-state index is 14.6. The smallest absolute Gasteiger partial charge is 0.270 e.